The van der Waals surface area contributed by atoms with E-state index in [4.69, 9.17) is 5.11 Å². The summed E-state index contributed by atoms with van der Waals surface area (Å²) >= 11 is 1.23. The highest BCUT2D eigenvalue weighted by Gasteiger charge is 2.07. The number of unbranched alkanes of at least 4 members (excludes halogenated alkanes) is 5. The Morgan fingerprint density at radius 1 is 1.28 bits per heavy atom. The molecular weight excluding hydrogens is 248 g/mol. The first-order chi connectivity index (χ1) is 8.74. The van der Waals surface area contributed by atoms with E-state index in [0.717, 1.165) is 13.0 Å². The van der Waals surface area contributed by atoms with Crippen LogP contribution in [0.4, 0.5) is 0 Å². The molecule has 102 valence electrons. The average Bonchev–Trinajstić information content (AvgIpc) is 2.79. The molecule has 1 amide bonds. The third-order valence-corrected chi connectivity index (χ3v) is 3.58. The summed E-state index contributed by atoms with van der Waals surface area (Å²) in [6.07, 6.45) is 7.41. The smallest absolute Gasteiger partial charge is 0.275 e. The molecular formula is C13H22N2O2S. The van der Waals surface area contributed by atoms with Crippen molar-refractivity contribution >= 4 is 17.2 Å². The Morgan fingerprint density at radius 3 is 2.67 bits per heavy atom. The van der Waals surface area contributed by atoms with Gasteiger partial charge in [-0.3, -0.25) is 10.2 Å². The van der Waals surface area contributed by atoms with Crippen molar-refractivity contribution in [3.8, 4) is 5.75 Å². The van der Waals surface area contributed by atoms with E-state index in [2.05, 4.69) is 17.8 Å². The van der Waals surface area contributed by atoms with Gasteiger partial charge in [-0.25, -0.2) is 5.43 Å². The summed E-state index contributed by atoms with van der Waals surface area (Å²) in [6.45, 7) is 2.99. The Hall–Kier alpha value is -1.07. The zero-order chi connectivity index (χ0) is 13.2. The lowest BCUT2D eigenvalue weighted by Crippen LogP contribution is -2.37. The molecule has 1 heterocycles. The molecule has 0 atom stereocenters. The van der Waals surface area contributed by atoms with Gasteiger partial charge in [0.2, 0.25) is 0 Å². The Labute approximate surface area is 112 Å². The van der Waals surface area contributed by atoms with Crippen LogP contribution in [0.15, 0.2) is 11.4 Å². The molecule has 0 unspecified atom stereocenters. The maximum Gasteiger partial charge on any atom is 0.275 e. The van der Waals surface area contributed by atoms with Crippen molar-refractivity contribution in [3.05, 3.63) is 16.3 Å². The summed E-state index contributed by atoms with van der Waals surface area (Å²) in [5.41, 5.74) is 5.53. The number of aromatic hydroxyl groups is 1. The summed E-state index contributed by atoms with van der Waals surface area (Å²) in [5, 5.41) is 10.7. The Kier molecular flexibility index (Phi) is 7.44. The van der Waals surface area contributed by atoms with Gasteiger partial charge < -0.3 is 5.11 Å². The number of rotatable bonds is 9. The van der Waals surface area contributed by atoms with Crippen LogP contribution in [-0.4, -0.2) is 17.6 Å². The summed E-state index contributed by atoms with van der Waals surface area (Å²) in [5.74, 6) is -0.0487. The van der Waals surface area contributed by atoms with Crippen LogP contribution in [0.2, 0.25) is 0 Å². The summed E-state index contributed by atoms with van der Waals surface area (Å²) in [7, 11) is 0. The predicted molar refractivity (Wildman–Crippen MR) is 74.8 cm³/mol. The third-order valence-electron chi connectivity index (χ3n) is 2.67. The number of carbonyl (C=O) groups is 1. The lowest BCUT2D eigenvalue weighted by molar-refractivity contribution is 0.0937. The van der Waals surface area contributed by atoms with Gasteiger partial charge in [-0.1, -0.05) is 39.0 Å². The van der Waals surface area contributed by atoms with Crippen molar-refractivity contribution in [2.45, 2.75) is 45.4 Å². The molecule has 0 aliphatic carbocycles. The minimum absolute atomic E-state index is 0.140. The first kappa shape index (κ1) is 15.0. The molecule has 0 aliphatic heterocycles. The topological polar surface area (TPSA) is 61.4 Å². The van der Waals surface area contributed by atoms with Gasteiger partial charge in [-0.2, -0.15) is 0 Å². The maximum atomic E-state index is 11.6. The van der Waals surface area contributed by atoms with Gasteiger partial charge in [0, 0.05) is 18.0 Å². The first-order valence-electron chi connectivity index (χ1n) is 6.54. The van der Waals surface area contributed by atoms with Gasteiger partial charge in [0.05, 0.1) is 4.88 Å². The average molecular weight is 270 g/mol. The number of carbonyl (C=O) groups excluding carboxylic acids is 1. The fourth-order valence-electron chi connectivity index (χ4n) is 1.64. The van der Waals surface area contributed by atoms with Crippen LogP contribution in [0.3, 0.4) is 0 Å². The fourth-order valence-corrected chi connectivity index (χ4v) is 2.31. The highest BCUT2D eigenvalue weighted by Crippen LogP contribution is 2.19. The quantitative estimate of drug-likeness (QED) is 0.477. The maximum absolute atomic E-state index is 11.6. The van der Waals surface area contributed by atoms with Gasteiger partial charge in [0.1, 0.15) is 5.75 Å². The Morgan fingerprint density at radius 2 is 2.00 bits per heavy atom. The molecule has 18 heavy (non-hydrogen) atoms. The molecule has 5 heteroatoms. The van der Waals surface area contributed by atoms with E-state index in [1.165, 1.54) is 49.5 Å². The summed E-state index contributed by atoms with van der Waals surface area (Å²) in [6, 6.07) is 1.46. The molecule has 0 aromatic carbocycles. The number of hydrazine groups is 1. The van der Waals surface area contributed by atoms with Crippen LogP contribution in [0.5, 0.6) is 5.75 Å². The van der Waals surface area contributed by atoms with Gasteiger partial charge >= 0.3 is 0 Å². The minimum atomic E-state index is -0.189. The summed E-state index contributed by atoms with van der Waals surface area (Å²) in [4.78, 5) is 12.1. The SMILES string of the molecule is CCCCCCCCNNC(=O)c1cc(O)cs1. The fraction of sp³-hybridized carbons (Fsp3) is 0.615. The van der Waals surface area contributed by atoms with Crippen molar-refractivity contribution in [3.63, 3.8) is 0 Å². The summed E-state index contributed by atoms with van der Waals surface area (Å²) < 4.78 is 0. The molecule has 0 fully saturated rings. The van der Waals surface area contributed by atoms with Gasteiger partial charge in [0.15, 0.2) is 0 Å². The molecule has 0 aliphatic rings. The molecule has 0 spiro atoms. The van der Waals surface area contributed by atoms with Crippen molar-refractivity contribution in [1.29, 1.82) is 0 Å². The van der Waals surface area contributed by atoms with Crippen LogP contribution in [-0.2, 0) is 0 Å². The van der Waals surface area contributed by atoms with Gasteiger partial charge in [-0.05, 0) is 6.42 Å². The van der Waals surface area contributed by atoms with E-state index >= 15 is 0 Å². The normalized spacial score (nSPS) is 10.5. The molecule has 4 nitrogen and oxygen atoms in total. The van der Waals surface area contributed by atoms with Crippen LogP contribution >= 0.6 is 11.3 Å². The standard InChI is InChI=1S/C13H22N2O2S/c1-2-3-4-5-6-7-8-14-15-13(17)12-9-11(16)10-18-12/h9-10,14,16H,2-8H2,1H3,(H,15,17). The lowest BCUT2D eigenvalue weighted by Gasteiger charge is -2.05. The zero-order valence-corrected chi connectivity index (χ0v) is 11.7. The van der Waals surface area contributed by atoms with E-state index in [9.17, 15) is 4.79 Å². The Balaban J connectivity index is 1.99. The minimum Gasteiger partial charge on any atom is -0.507 e. The zero-order valence-electron chi connectivity index (χ0n) is 10.9. The van der Waals surface area contributed by atoms with Gasteiger partial charge in [0.25, 0.3) is 5.91 Å². The van der Waals surface area contributed by atoms with Crippen molar-refractivity contribution in [2.24, 2.45) is 0 Å². The van der Waals surface area contributed by atoms with Crippen LogP contribution in [0.25, 0.3) is 0 Å². The molecule has 0 saturated heterocycles. The van der Waals surface area contributed by atoms with Crippen molar-refractivity contribution in [1.82, 2.24) is 10.9 Å². The lowest BCUT2D eigenvalue weighted by atomic mass is 10.1. The van der Waals surface area contributed by atoms with Crippen LogP contribution in [0.1, 0.15) is 55.1 Å². The molecule has 1 aromatic rings. The largest absolute Gasteiger partial charge is 0.507 e. The predicted octanol–water partition coefficient (Wildman–Crippen LogP) is 3.05. The van der Waals surface area contributed by atoms with Crippen LogP contribution in [0, 0.1) is 0 Å². The molecule has 3 N–H and O–H groups in total. The van der Waals surface area contributed by atoms with E-state index in [1.54, 1.807) is 5.38 Å². The number of amides is 1. The second-order valence-electron chi connectivity index (χ2n) is 4.32. The van der Waals surface area contributed by atoms with E-state index in [0.29, 0.717) is 4.88 Å². The van der Waals surface area contributed by atoms with E-state index in [-0.39, 0.29) is 11.7 Å². The van der Waals surface area contributed by atoms with Crippen molar-refractivity contribution in [2.75, 3.05) is 6.54 Å². The molecule has 0 radical (unpaired) electrons. The highest BCUT2D eigenvalue weighted by molar-refractivity contribution is 7.12. The molecule has 0 bridgehead atoms. The second-order valence-corrected chi connectivity index (χ2v) is 5.23. The monoisotopic (exact) mass is 270 g/mol. The Bertz CT molecular complexity index is 353. The number of thiophene rings is 1. The van der Waals surface area contributed by atoms with Crippen molar-refractivity contribution < 1.29 is 9.90 Å². The molecule has 1 rings (SSSR count). The number of nitrogens with one attached hydrogen (secondary N) is 2. The van der Waals surface area contributed by atoms with Gasteiger partial charge in [-0.15, -0.1) is 11.3 Å². The molecule has 1 aromatic heterocycles. The van der Waals surface area contributed by atoms with E-state index < -0.39 is 0 Å². The number of hydrogen-bond donors (Lipinski definition) is 3. The third kappa shape index (κ3) is 6.02. The molecule has 0 saturated carbocycles. The highest BCUT2D eigenvalue weighted by atomic mass is 32.1. The van der Waals surface area contributed by atoms with Crippen LogP contribution < -0.4 is 10.9 Å². The van der Waals surface area contributed by atoms with E-state index in [1.807, 2.05) is 0 Å². The number of hydrogen-bond acceptors (Lipinski definition) is 4. The first-order valence-corrected chi connectivity index (χ1v) is 7.42. The second kappa shape index (κ2) is 8.94.